The summed E-state index contributed by atoms with van der Waals surface area (Å²) in [7, 11) is 1.71. The van der Waals surface area contributed by atoms with Gasteiger partial charge in [-0.15, -0.1) is 11.8 Å². The van der Waals surface area contributed by atoms with Crippen LogP contribution in [0.5, 0.6) is 0 Å². The highest BCUT2D eigenvalue weighted by Crippen LogP contribution is 2.33. The zero-order valence-electron chi connectivity index (χ0n) is 14.5. The van der Waals surface area contributed by atoms with Crippen LogP contribution in [0, 0.1) is 0 Å². The molecule has 2 aromatic rings. The summed E-state index contributed by atoms with van der Waals surface area (Å²) in [6, 6.07) is 7.83. The number of nitrogens with zero attached hydrogens (tertiary/aromatic N) is 2. The Bertz CT molecular complexity index is 847. The summed E-state index contributed by atoms with van der Waals surface area (Å²) in [5, 5.41) is 3.85. The molecule has 1 aromatic carbocycles. The molecule has 2 heterocycles. The molecule has 1 atom stereocenters. The average molecular weight is 376 g/mol. The van der Waals surface area contributed by atoms with Crippen molar-refractivity contribution in [1.82, 2.24) is 9.55 Å². The number of benzene rings is 1. The lowest BCUT2D eigenvalue weighted by Crippen LogP contribution is -2.23. The minimum Gasteiger partial charge on any atom is -0.325 e. The topological polar surface area (TPSA) is 64.0 Å². The predicted molar refractivity (Wildman–Crippen MR) is 104 cm³/mol. The lowest BCUT2D eigenvalue weighted by molar-refractivity contribution is -0.113. The van der Waals surface area contributed by atoms with Crippen molar-refractivity contribution < 1.29 is 4.79 Å². The quantitative estimate of drug-likeness (QED) is 0.643. The normalized spacial score (nSPS) is 15.9. The zero-order chi connectivity index (χ0) is 18.0. The van der Waals surface area contributed by atoms with Crippen molar-refractivity contribution in [3.8, 4) is 0 Å². The number of carbonyl (C=O) groups excluding carboxylic acids is 1. The molecule has 0 spiro atoms. The van der Waals surface area contributed by atoms with Crippen LogP contribution in [0.2, 0.25) is 0 Å². The average Bonchev–Trinajstić information content (AvgIpc) is 2.98. The van der Waals surface area contributed by atoms with Gasteiger partial charge in [0.25, 0.3) is 5.56 Å². The van der Waals surface area contributed by atoms with Gasteiger partial charge in [-0.2, -0.15) is 0 Å². The second-order valence-electron chi connectivity index (χ2n) is 6.05. The van der Waals surface area contributed by atoms with Crippen molar-refractivity contribution in [3.05, 3.63) is 45.9 Å². The summed E-state index contributed by atoms with van der Waals surface area (Å²) in [6.07, 6.45) is 1.78. The Morgan fingerprint density at radius 1 is 1.40 bits per heavy atom. The van der Waals surface area contributed by atoms with E-state index in [9.17, 15) is 9.59 Å². The van der Waals surface area contributed by atoms with Crippen molar-refractivity contribution in [2.24, 2.45) is 7.05 Å². The number of hydrogen-bond acceptors (Lipinski definition) is 5. The molecule has 7 heteroatoms. The number of carbonyl (C=O) groups is 1. The fraction of sp³-hybridized carbons (Fsp3) is 0.389. The Morgan fingerprint density at radius 3 is 2.80 bits per heavy atom. The standard InChI is InChI=1S/C18H21N3O2S2/c1-4-12-5-7-13(8-6-12)19-15(22)10-24-18-20-14-9-11(2)25-16(14)17(23)21(18)3/h5-8,11H,4,9-10H2,1-3H3,(H,19,22)/t11-/m0/s1. The monoisotopic (exact) mass is 375 g/mol. The van der Waals surface area contributed by atoms with Crippen LogP contribution in [0.25, 0.3) is 0 Å². The first-order valence-corrected chi connectivity index (χ1v) is 10.1. The van der Waals surface area contributed by atoms with E-state index in [1.807, 2.05) is 24.3 Å². The van der Waals surface area contributed by atoms with Gasteiger partial charge in [-0.05, 0) is 24.1 Å². The van der Waals surface area contributed by atoms with Crippen molar-refractivity contribution in [2.75, 3.05) is 11.1 Å². The second-order valence-corrected chi connectivity index (χ2v) is 8.45. The van der Waals surface area contributed by atoms with Crippen LogP contribution in [0.4, 0.5) is 5.69 Å². The van der Waals surface area contributed by atoms with Gasteiger partial charge < -0.3 is 5.32 Å². The summed E-state index contributed by atoms with van der Waals surface area (Å²) in [4.78, 5) is 29.9. The van der Waals surface area contributed by atoms with Gasteiger partial charge in [0.1, 0.15) is 0 Å². The van der Waals surface area contributed by atoms with E-state index in [0.717, 1.165) is 29.1 Å². The molecule has 0 aliphatic carbocycles. The number of fused-ring (bicyclic) bond motifs is 1. The van der Waals surface area contributed by atoms with Crippen molar-refractivity contribution in [2.45, 2.75) is 42.0 Å². The lowest BCUT2D eigenvalue weighted by Gasteiger charge is -2.09. The van der Waals surface area contributed by atoms with Gasteiger partial charge in [0.15, 0.2) is 5.16 Å². The van der Waals surface area contributed by atoms with Crippen LogP contribution in [-0.4, -0.2) is 26.5 Å². The first kappa shape index (κ1) is 18.1. The van der Waals surface area contributed by atoms with Gasteiger partial charge in [0.05, 0.1) is 16.3 Å². The molecular weight excluding hydrogens is 354 g/mol. The maximum absolute atomic E-state index is 12.4. The maximum Gasteiger partial charge on any atom is 0.267 e. The first-order chi connectivity index (χ1) is 12.0. The highest BCUT2D eigenvalue weighted by molar-refractivity contribution is 8.00. The number of anilines is 1. The van der Waals surface area contributed by atoms with E-state index in [4.69, 9.17) is 0 Å². The van der Waals surface area contributed by atoms with Crippen molar-refractivity contribution in [1.29, 1.82) is 0 Å². The minimum absolute atomic E-state index is 0.0163. The summed E-state index contributed by atoms with van der Waals surface area (Å²) in [5.74, 6) is 0.115. The van der Waals surface area contributed by atoms with Crippen LogP contribution in [0.1, 0.15) is 25.1 Å². The molecule has 1 amide bonds. The second kappa shape index (κ2) is 7.66. The van der Waals surface area contributed by atoms with Crippen LogP contribution in [0.15, 0.2) is 39.1 Å². The fourth-order valence-electron chi connectivity index (χ4n) is 2.66. The van der Waals surface area contributed by atoms with E-state index in [2.05, 4.69) is 24.1 Å². The number of hydrogen-bond donors (Lipinski definition) is 1. The molecule has 132 valence electrons. The number of amides is 1. The van der Waals surface area contributed by atoms with E-state index in [0.29, 0.717) is 10.4 Å². The third-order valence-electron chi connectivity index (χ3n) is 4.06. The summed E-state index contributed by atoms with van der Waals surface area (Å²) in [5.41, 5.74) is 2.86. The summed E-state index contributed by atoms with van der Waals surface area (Å²) in [6.45, 7) is 4.19. The Hall–Kier alpha value is -1.73. The number of aryl methyl sites for hydroxylation is 1. The summed E-state index contributed by atoms with van der Waals surface area (Å²) >= 11 is 2.88. The SMILES string of the molecule is CCc1ccc(NC(=O)CSc2nc3c(c(=O)n2C)S[C@@H](C)C3)cc1. The van der Waals surface area contributed by atoms with Gasteiger partial charge in [0, 0.05) is 24.4 Å². The molecule has 5 nitrogen and oxygen atoms in total. The molecule has 1 aliphatic rings. The van der Waals surface area contributed by atoms with Crippen LogP contribution in [-0.2, 0) is 24.7 Å². The van der Waals surface area contributed by atoms with E-state index in [1.54, 1.807) is 18.8 Å². The highest BCUT2D eigenvalue weighted by Gasteiger charge is 2.25. The highest BCUT2D eigenvalue weighted by atomic mass is 32.2. The Balaban J connectivity index is 1.65. The van der Waals surface area contributed by atoms with Gasteiger partial charge in [-0.25, -0.2) is 4.98 Å². The third kappa shape index (κ3) is 4.10. The van der Waals surface area contributed by atoms with E-state index in [1.165, 1.54) is 21.9 Å². The lowest BCUT2D eigenvalue weighted by atomic mass is 10.1. The van der Waals surface area contributed by atoms with Gasteiger partial charge >= 0.3 is 0 Å². The Morgan fingerprint density at radius 2 is 2.12 bits per heavy atom. The number of rotatable bonds is 5. The molecule has 0 bridgehead atoms. The minimum atomic E-state index is -0.105. The number of thioether (sulfide) groups is 2. The van der Waals surface area contributed by atoms with Crippen LogP contribution < -0.4 is 10.9 Å². The predicted octanol–water partition coefficient (Wildman–Crippen LogP) is 3.11. The molecule has 25 heavy (non-hydrogen) atoms. The van der Waals surface area contributed by atoms with Gasteiger partial charge in [-0.3, -0.25) is 14.2 Å². The third-order valence-corrected chi connectivity index (χ3v) is 6.30. The van der Waals surface area contributed by atoms with Gasteiger partial charge in [0.2, 0.25) is 5.91 Å². The largest absolute Gasteiger partial charge is 0.325 e. The van der Waals surface area contributed by atoms with Crippen molar-refractivity contribution in [3.63, 3.8) is 0 Å². The van der Waals surface area contributed by atoms with E-state index in [-0.39, 0.29) is 17.2 Å². The Kier molecular flexibility index (Phi) is 5.54. The molecule has 1 N–H and O–H groups in total. The molecule has 1 aliphatic heterocycles. The van der Waals surface area contributed by atoms with Crippen LogP contribution >= 0.6 is 23.5 Å². The molecule has 0 saturated carbocycles. The van der Waals surface area contributed by atoms with E-state index < -0.39 is 0 Å². The molecule has 3 rings (SSSR count). The molecular formula is C18H21N3O2S2. The number of aromatic nitrogens is 2. The number of nitrogens with one attached hydrogen (secondary N) is 1. The molecule has 0 radical (unpaired) electrons. The first-order valence-electron chi connectivity index (χ1n) is 8.26. The fourth-order valence-corrected chi connectivity index (χ4v) is 4.59. The summed E-state index contributed by atoms with van der Waals surface area (Å²) < 4.78 is 1.54. The Labute approximate surface area is 155 Å². The van der Waals surface area contributed by atoms with Crippen LogP contribution in [0.3, 0.4) is 0 Å². The smallest absolute Gasteiger partial charge is 0.267 e. The maximum atomic E-state index is 12.4. The van der Waals surface area contributed by atoms with Gasteiger partial charge in [-0.1, -0.05) is 37.7 Å². The van der Waals surface area contributed by atoms with E-state index >= 15 is 0 Å². The molecule has 0 fully saturated rings. The zero-order valence-corrected chi connectivity index (χ0v) is 16.2. The molecule has 0 unspecified atom stereocenters. The molecule has 1 aromatic heterocycles. The molecule has 0 saturated heterocycles. The van der Waals surface area contributed by atoms with Crippen molar-refractivity contribution >= 4 is 35.1 Å².